The lowest BCUT2D eigenvalue weighted by Gasteiger charge is -2.12. The van der Waals surface area contributed by atoms with Gasteiger partial charge in [-0.2, -0.15) is 15.3 Å². The maximum absolute atomic E-state index is 12.2. The molecule has 0 fully saturated rings. The van der Waals surface area contributed by atoms with Crippen molar-refractivity contribution < 1.29 is 14.3 Å². The summed E-state index contributed by atoms with van der Waals surface area (Å²) >= 11 is 0. The van der Waals surface area contributed by atoms with Crippen LogP contribution in [0.15, 0.2) is 30.6 Å². The second-order valence-corrected chi connectivity index (χ2v) is 5.90. The number of hydrogen-bond donors (Lipinski definition) is 2. The van der Waals surface area contributed by atoms with Crippen LogP contribution < -0.4 is 15.6 Å². The highest BCUT2D eigenvalue weighted by atomic mass is 16.5. The van der Waals surface area contributed by atoms with Gasteiger partial charge < -0.3 is 4.74 Å². The van der Waals surface area contributed by atoms with Crippen LogP contribution in [0.5, 0.6) is 5.75 Å². The zero-order chi connectivity index (χ0) is 20.1. The second-order valence-electron chi connectivity index (χ2n) is 5.90. The molecule has 142 valence electrons. The number of nitrogens with zero attached hydrogens (tertiary/aromatic N) is 5. The summed E-state index contributed by atoms with van der Waals surface area (Å²) in [5, 5.41) is 13.1. The van der Waals surface area contributed by atoms with Crippen LogP contribution in [0.4, 0.5) is 0 Å². The Morgan fingerprint density at radius 2 is 1.96 bits per heavy atom. The largest absolute Gasteiger partial charge is 0.482 e. The fourth-order valence-electron chi connectivity index (χ4n) is 2.62. The van der Waals surface area contributed by atoms with Crippen LogP contribution in [-0.4, -0.2) is 38.0 Å². The van der Waals surface area contributed by atoms with Crippen molar-refractivity contribution in [2.45, 2.75) is 20.3 Å². The first kappa shape index (κ1) is 18.8. The van der Waals surface area contributed by atoms with Crippen LogP contribution >= 0.6 is 0 Å². The summed E-state index contributed by atoms with van der Waals surface area (Å²) in [5.74, 6) is -0.218. The number of hydrogen-bond acceptors (Lipinski definition) is 7. The number of aromatic nitrogens is 4. The highest BCUT2D eigenvalue weighted by Gasteiger charge is 2.15. The van der Waals surface area contributed by atoms with E-state index in [0.29, 0.717) is 28.3 Å². The van der Waals surface area contributed by atoms with E-state index in [-0.39, 0.29) is 13.0 Å². The number of para-hydroxylation sites is 1. The third-order valence-electron chi connectivity index (χ3n) is 4.03. The standard InChI is InChI=1S/C18H17N7O3/c1-11-14(12(2)25-18(22-11)20-10-21-25)7-16(26)23-24-17(27)9-28-15-6-4-3-5-13(15)8-19/h3-6,10H,7,9H2,1-2H3,(H,23,26)(H,24,27). The van der Waals surface area contributed by atoms with Gasteiger partial charge in [-0.15, -0.1) is 0 Å². The molecule has 10 heteroatoms. The maximum atomic E-state index is 12.2. The van der Waals surface area contributed by atoms with Crippen molar-refractivity contribution >= 4 is 17.6 Å². The SMILES string of the molecule is Cc1nc2ncnn2c(C)c1CC(=O)NNC(=O)COc1ccccc1C#N. The molecule has 28 heavy (non-hydrogen) atoms. The highest BCUT2D eigenvalue weighted by molar-refractivity contribution is 5.84. The predicted octanol–water partition coefficient (Wildman–Crippen LogP) is 0.382. The second kappa shape index (κ2) is 8.13. The molecule has 0 aliphatic carbocycles. The molecular weight excluding hydrogens is 362 g/mol. The lowest BCUT2D eigenvalue weighted by atomic mass is 10.1. The monoisotopic (exact) mass is 379 g/mol. The molecule has 0 saturated carbocycles. The van der Waals surface area contributed by atoms with Gasteiger partial charge in [0.2, 0.25) is 5.91 Å². The van der Waals surface area contributed by atoms with Crippen molar-refractivity contribution in [1.82, 2.24) is 30.4 Å². The van der Waals surface area contributed by atoms with Crippen LogP contribution in [0.2, 0.25) is 0 Å². The van der Waals surface area contributed by atoms with Gasteiger partial charge in [-0.25, -0.2) is 9.50 Å². The van der Waals surface area contributed by atoms with Crippen molar-refractivity contribution in [1.29, 1.82) is 5.26 Å². The van der Waals surface area contributed by atoms with Crippen LogP contribution in [0.25, 0.3) is 5.78 Å². The molecule has 0 saturated heterocycles. The molecule has 0 unspecified atom stereocenters. The first-order chi connectivity index (χ1) is 13.5. The first-order valence-corrected chi connectivity index (χ1v) is 8.35. The van der Waals surface area contributed by atoms with E-state index in [2.05, 4.69) is 25.9 Å². The highest BCUT2D eigenvalue weighted by Crippen LogP contribution is 2.16. The Hall–Kier alpha value is -4.00. The lowest BCUT2D eigenvalue weighted by molar-refractivity contribution is -0.129. The number of carbonyl (C=O) groups excluding carboxylic acids is 2. The minimum atomic E-state index is -0.556. The molecule has 2 N–H and O–H groups in total. The average molecular weight is 379 g/mol. The summed E-state index contributed by atoms with van der Waals surface area (Å²) in [5.41, 5.74) is 7.05. The summed E-state index contributed by atoms with van der Waals surface area (Å²) < 4.78 is 6.85. The fraction of sp³-hybridized carbons (Fsp3) is 0.222. The lowest BCUT2D eigenvalue weighted by Crippen LogP contribution is -2.44. The molecule has 0 aliphatic rings. The van der Waals surface area contributed by atoms with Crippen molar-refractivity contribution in [3.63, 3.8) is 0 Å². The molecule has 0 radical (unpaired) electrons. The van der Waals surface area contributed by atoms with Crippen molar-refractivity contribution in [3.05, 3.63) is 53.1 Å². The van der Waals surface area contributed by atoms with E-state index in [4.69, 9.17) is 10.00 Å². The normalized spacial score (nSPS) is 10.3. The van der Waals surface area contributed by atoms with Gasteiger partial charge in [0.15, 0.2) is 6.61 Å². The number of benzene rings is 1. The van der Waals surface area contributed by atoms with Gasteiger partial charge in [0.25, 0.3) is 11.7 Å². The third kappa shape index (κ3) is 4.04. The zero-order valence-electron chi connectivity index (χ0n) is 15.3. The van der Waals surface area contributed by atoms with Crippen molar-refractivity contribution in [3.8, 4) is 11.8 Å². The van der Waals surface area contributed by atoms with Gasteiger partial charge in [0.05, 0.1) is 12.0 Å². The topological polar surface area (TPSA) is 134 Å². The maximum Gasteiger partial charge on any atom is 0.276 e. The molecule has 2 heterocycles. The molecular formula is C18H17N7O3. The van der Waals surface area contributed by atoms with E-state index >= 15 is 0 Å². The molecule has 2 amide bonds. The van der Waals surface area contributed by atoms with Gasteiger partial charge in [-0.05, 0) is 26.0 Å². The average Bonchev–Trinajstić information content (AvgIpc) is 3.16. The van der Waals surface area contributed by atoms with Gasteiger partial charge in [-0.3, -0.25) is 20.4 Å². The minimum Gasteiger partial charge on any atom is -0.482 e. The Labute approximate surface area is 160 Å². The smallest absolute Gasteiger partial charge is 0.276 e. The first-order valence-electron chi connectivity index (χ1n) is 8.35. The Morgan fingerprint density at radius 1 is 1.21 bits per heavy atom. The van der Waals surface area contributed by atoms with E-state index in [1.807, 2.05) is 13.0 Å². The number of rotatable bonds is 5. The summed E-state index contributed by atoms with van der Waals surface area (Å²) in [6, 6.07) is 8.53. The van der Waals surface area contributed by atoms with Gasteiger partial charge >= 0.3 is 0 Å². The number of amides is 2. The number of fused-ring (bicyclic) bond motifs is 1. The van der Waals surface area contributed by atoms with Gasteiger partial charge in [-0.1, -0.05) is 12.1 Å². The molecule has 0 spiro atoms. The summed E-state index contributed by atoms with van der Waals surface area (Å²) in [6.07, 6.45) is 1.40. The molecule has 0 atom stereocenters. The predicted molar refractivity (Wildman–Crippen MR) is 96.9 cm³/mol. The third-order valence-corrected chi connectivity index (χ3v) is 4.03. The Balaban J connectivity index is 1.54. The number of ether oxygens (including phenoxy) is 1. The molecule has 3 rings (SSSR count). The molecule has 0 aliphatic heterocycles. The van der Waals surface area contributed by atoms with Crippen LogP contribution in [-0.2, 0) is 16.0 Å². The number of nitriles is 1. The Morgan fingerprint density at radius 3 is 2.75 bits per heavy atom. The van der Waals surface area contributed by atoms with Crippen LogP contribution in [0.1, 0.15) is 22.5 Å². The number of nitrogens with one attached hydrogen (secondary N) is 2. The zero-order valence-corrected chi connectivity index (χ0v) is 15.3. The van der Waals surface area contributed by atoms with E-state index < -0.39 is 11.8 Å². The summed E-state index contributed by atoms with van der Waals surface area (Å²) in [6.45, 7) is 3.25. The van der Waals surface area contributed by atoms with Crippen LogP contribution in [0, 0.1) is 25.2 Å². The Bertz CT molecular complexity index is 1080. The summed E-state index contributed by atoms with van der Waals surface area (Å²) in [4.78, 5) is 32.4. The molecule has 1 aromatic carbocycles. The van der Waals surface area contributed by atoms with E-state index in [9.17, 15) is 9.59 Å². The fourth-order valence-corrected chi connectivity index (χ4v) is 2.62. The van der Waals surface area contributed by atoms with E-state index in [1.165, 1.54) is 6.33 Å². The molecule has 10 nitrogen and oxygen atoms in total. The van der Waals surface area contributed by atoms with Gasteiger partial charge in [0.1, 0.15) is 18.1 Å². The number of carbonyl (C=O) groups is 2. The van der Waals surface area contributed by atoms with Crippen LogP contribution in [0.3, 0.4) is 0 Å². The molecule has 3 aromatic rings. The van der Waals surface area contributed by atoms with Crippen molar-refractivity contribution in [2.24, 2.45) is 0 Å². The van der Waals surface area contributed by atoms with E-state index in [0.717, 1.165) is 5.69 Å². The Kier molecular flexibility index (Phi) is 5.45. The number of aryl methyl sites for hydroxylation is 2. The number of hydrazine groups is 1. The molecule has 2 aromatic heterocycles. The van der Waals surface area contributed by atoms with E-state index in [1.54, 1.807) is 35.7 Å². The minimum absolute atomic E-state index is 0.0128. The molecule has 0 bridgehead atoms. The summed E-state index contributed by atoms with van der Waals surface area (Å²) in [7, 11) is 0. The quantitative estimate of drug-likeness (QED) is 0.612. The van der Waals surface area contributed by atoms with Gasteiger partial charge in [0, 0.05) is 17.0 Å². The van der Waals surface area contributed by atoms with Crippen molar-refractivity contribution in [2.75, 3.05) is 6.61 Å².